The van der Waals surface area contributed by atoms with Gasteiger partial charge in [-0.25, -0.2) is 0 Å². The van der Waals surface area contributed by atoms with Crippen molar-refractivity contribution < 1.29 is 4.79 Å². The Labute approximate surface area is 123 Å². The van der Waals surface area contributed by atoms with E-state index in [2.05, 4.69) is 11.2 Å². The predicted molar refractivity (Wildman–Crippen MR) is 81.0 cm³/mol. The number of benzene rings is 1. The third-order valence-electron chi connectivity index (χ3n) is 4.33. The van der Waals surface area contributed by atoms with Gasteiger partial charge in [0.15, 0.2) is 0 Å². The molecule has 1 amide bonds. The van der Waals surface area contributed by atoms with E-state index in [0.29, 0.717) is 17.1 Å². The molecule has 0 saturated carbocycles. The second-order valence-electron chi connectivity index (χ2n) is 5.44. The van der Waals surface area contributed by atoms with Gasteiger partial charge in [-0.15, -0.1) is 0 Å². The van der Waals surface area contributed by atoms with Gasteiger partial charge >= 0.3 is 0 Å². The minimum Gasteiger partial charge on any atom is -0.333 e. The van der Waals surface area contributed by atoms with Gasteiger partial charge in [0.05, 0.1) is 0 Å². The lowest BCUT2D eigenvalue weighted by Gasteiger charge is -2.38. The van der Waals surface area contributed by atoms with Gasteiger partial charge in [-0.05, 0) is 50.1 Å². The van der Waals surface area contributed by atoms with Crippen molar-refractivity contribution in [3.05, 3.63) is 34.9 Å². The summed E-state index contributed by atoms with van der Waals surface area (Å²) in [5, 5.41) is 1.36. The summed E-state index contributed by atoms with van der Waals surface area (Å²) < 4.78 is 0. The fourth-order valence-electron chi connectivity index (χ4n) is 3.42. The number of thioether (sulfide) groups is 1. The summed E-state index contributed by atoms with van der Waals surface area (Å²) in [6, 6.07) is 8.18. The maximum atomic E-state index is 12.7. The van der Waals surface area contributed by atoms with Crippen LogP contribution in [-0.4, -0.2) is 34.4 Å². The van der Waals surface area contributed by atoms with E-state index in [4.69, 9.17) is 11.6 Å². The Morgan fingerprint density at radius 3 is 2.58 bits per heavy atom. The molecule has 1 aromatic carbocycles. The molecule has 0 spiro atoms. The maximum absolute atomic E-state index is 12.7. The standard InChI is InChI=1S/C15H18ClNOS/c1-19-14-8-12-5-6-13(9-14)17(12)15(18)10-3-2-4-11(16)7-10/h2-4,7,12-14H,5-6,8-9H2,1H3. The first-order chi connectivity index (χ1) is 9.19. The van der Waals surface area contributed by atoms with E-state index in [0.717, 1.165) is 36.5 Å². The summed E-state index contributed by atoms with van der Waals surface area (Å²) in [7, 11) is 0. The van der Waals surface area contributed by atoms with Crippen molar-refractivity contribution in [1.82, 2.24) is 4.90 Å². The number of carbonyl (C=O) groups is 1. The van der Waals surface area contributed by atoms with Gasteiger partial charge in [0.1, 0.15) is 0 Å². The monoisotopic (exact) mass is 295 g/mol. The van der Waals surface area contributed by atoms with Gasteiger partial charge < -0.3 is 4.90 Å². The molecule has 2 aliphatic heterocycles. The molecule has 2 heterocycles. The van der Waals surface area contributed by atoms with Gasteiger partial charge in [0, 0.05) is 27.9 Å². The number of hydrogen-bond acceptors (Lipinski definition) is 2. The molecular formula is C15H18ClNOS. The summed E-state index contributed by atoms with van der Waals surface area (Å²) in [5.41, 5.74) is 0.729. The molecule has 2 atom stereocenters. The third kappa shape index (κ3) is 2.50. The highest BCUT2D eigenvalue weighted by Gasteiger charge is 2.43. The van der Waals surface area contributed by atoms with Crippen molar-refractivity contribution in [1.29, 1.82) is 0 Å². The average Bonchev–Trinajstić information content (AvgIpc) is 2.68. The number of amides is 1. The first-order valence-electron chi connectivity index (χ1n) is 6.80. The topological polar surface area (TPSA) is 20.3 Å². The van der Waals surface area contributed by atoms with Gasteiger partial charge in [-0.1, -0.05) is 17.7 Å². The molecule has 3 rings (SSSR count). The van der Waals surface area contributed by atoms with E-state index < -0.39 is 0 Å². The first kappa shape index (κ1) is 13.3. The largest absolute Gasteiger partial charge is 0.333 e. The van der Waals surface area contributed by atoms with Crippen molar-refractivity contribution in [3.8, 4) is 0 Å². The number of halogens is 1. The molecule has 0 aromatic heterocycles. The van der Waals surface area contributed by atoms with Crippen molar-refractivity contribution in [3.63, 3.8) is 0 Å². The molecule has 4 heteroatoms. The van der Waals surface area contributed by atoms with Gasteiger partial charge in [-0.3, -0.25) is 4.79 Å². The van der Waals surface area contributed by atoms with Crippen molar-refractivity contribution >= 4 is 29.3 Å². The van der Waals surface area contributed by atoms with Crippen LogP contribution in [0.4, 0.5) is 0 Å². The van der Waals surface area contributed by atoms with Gasteiger partial charge in [0.25, 0.3) is 5.91 Å². The van der Waals surface area contributed by atoms with E-state index in [9.17, 15) is 4.79 Å². The Morgan fingerprint density at radius 2 is 2.00 bits per heavy atom. The number of piperidine rings is 1. The molecule has 2 nitrogen and oxygen atoms in total. The van der Waals surface area contributed by atoms with Crippen LogP contribution in [0.1, 0.15) is 36.0 Å². The second-order valence-corrected chi connectivity index (χ2v) is 7.01. The Bertz CT molecular complexity index is 479. The van der Waals surface area contributed by atoms with Crippen LogP contribution in [0.15, 0.2) is 24.3 Å². The molecule has 1 aromatic rings. The van der Waals surface area contributed by atoms with Crippen molar-refractivity contribution in [2.24, 2.45) is 0 Å². The predicted octanol–water partition coefficient (Wildman–Crippen LogP) is 3.84. The molecule has 2 bridgehead atoms. The fraction of sp³-hybridized carbons (Fsp3) is 0.533. The van der Waals surface area contributed by atoms with Crippen LogP contribution in [0.2, 0.25) is 5.02 Å². The zero-order valence-electron chi connectivity index (χ0n) is 11.0. The van der Waals surface area contributed by atoms with Crippen molar-refractivity contribution in [2.45, 2.75) is 43.0 Å². The molecule has 19 heavy (non-hydrogen) atoms. The van der Waals surface area contributed by atoms with E-state index >= 15 is 0 Å². The SMILES string of the molecule is CSC1CC2CCC(C1)N2C(=O)c1cccc(Cl)c1. The van der Waals surface area contributed by atoms with Crippen LogP contribution in [0.25, 0.3) is 0 Å². The highest BCUT2D eigenvalue weighted by molar-refractivity contribution is 7.99. The number of carbonyl (C=O) groups excluding carboxylic acids is 1. The Morgan fingerprint density at radius 1 is 1.32 bits per heavy atom. The highest BCUT2D eigenvalue weighted by Crippen LogP contribution is 2.40. The summed E-state index contributed by atoms with van der Waals surface area (Å²) in [4.78, 5) is 14.8. The quantitative estimate of drug-likeness (QED) is 0.826. The Kier molecular flexibility index (Phi) is 3.77. The first-order valence-corrected chi connectivity index (χ1v) is 8.46. The summed E-state index contributed by atoms with van der Waals surface area (Å²) in [6.45, 7) is 0. The lowest BCUT2D eigenvalue weighted by Crippen LogP contribution is -2.47. The van der Waals surface area contributed by atoms with Crippen LogP contribution in [0, 0.1) is 0 Å². The highest BCUT2D eigenvalue weighted by atomic mass is 35.5. The van der Waals surface area contributed by atoms with Gasteiger partial charge in [-0.2, -0.15) is 11.8 Å². The van der Waals surface area contributed by atoms with E-state index in [-0.39, 0.29) is 5.91 Å². The smallest absolute Gasteiger partial charge is 0.254 e. The minimum absolute atomic E-state index is 0.162. The van der Waals surface area contributed by atoms with E-state index in [1.165, 1.54) is 0 Å². The molecular weight excluding hydrogens is 278 g/mol. The maximum Gasteiger partial charge on any atom is 0.254 e. The van der Waals surface area contributed by atoms with Crippen LogP contribution in [0.5, 0.6) is 0 Å². The van der Waals surface area contributed by atoms with Crippen LogP contribution < -0.4 is 0 Å². The molecule has 2 unspecified atom stereocenters. The van der Waals surface area contributed by atoms with Crippen LogP contribution in [0.3, 0.4) is 0 Å². The van der Waals surface area contributed by atoms with Gasteiger partial charge in [0.2, 0.25) is 0 Å². The number of fused-ring (bicyclic) bond motifs is 2. The normalized spacial score (nSPS) is 29.6. The Hall–Kier alpha value is -0.670. The molecule has 0 aliphatic carbocycles. The van der Waals surface area contributed by atoms with Crippen LogP contribution in [-0.2, 0) is 0 Å². The minimum atomic E-state index is 0.162. The van der Waals surface area contributed by atoms with Crippen molar-refractivity contribution in [2.75, 3.05) is 6.26 Å². The lowest BCUT2D eigenvalue weighted by molar-refractivity contribution is 0.0601. The Balaban J connectivity index is 1.82. The molecule has 2 fully saturated rings. The number of hydrogen-bond donors (Lipinski definition) is 0. The zero-order valence-corrected chi connectivity index (χ0v) is 12.6. The second kappa shape index (κ2) is 5.37. The summed E-state index contributed by atoms with van der Waals surface area (Å²) in [5.74, 6) is 0.162. The molecule has 102 valence electrons. The van der Waals surface area contributed by atoms with E-state index in [1.54, 1.807) is 6.07 Å². The summed E-state index contributed by atoms with van der Waals surface area (Å²) >= 11 is 7.93. The van der Waals surface area contributed by atoms with Crippen LogP contribution >= 0.6 is 23.4 Å². The fourth-order valence-corrected chi connectivity index (χ4v) is 4.44. The zero-order chi connectivity index (χ0) is 13.4. The van der Waals surface area contributed by atoms with E-state index in [1.807, 2.05) is 30.0 Å². The summed E-state index contributed by atoms with van der Waals surface area (Å²) in [6.07, 6.45) is 6.79. The molecule has 0 radical (unpaired) electrons. The molecule has 2 aliphatic rings. The third-order valence-corrected chi connectivity index (χ3v) is 5.62. The molecule has 0 N–H and O–H groups in total. The lowest BCUT2D eigenvalue weighted by atomic mass is 10.0. The number of rotatable bonds is 2. The number of nitrogens with zero attached hydrogens (tertiary/aromatic N) is 1. The average molecular weight is 296 g/mol. The molecule has 2 saturated heterocycles.